The Kier molecular flexibility index (Phi) is 2.68. The SMILES string of the molecule is CC1(c2ccccc2)C=CC(N)(N)C(C)(C)C1. The van der Waals surface area contributed by atoms with Gasteiger partial charge in [-0.15, -0.1) is 0 Å². The first-order valence-corrected chi connectivity index (χ1v) is 6.11. The summed E-state index contributed by atoms with van der Waals surface area (Å²) in [6.07, 6.45) is 5.07. The Morgan fingerprint density at radius 1 is 0.941 bits per heavy atom. The van der Waals surface area contributed by atoms with Gasteiger partial charge in [-0.1, -0.05) is 63.3 Å². The molecule has 2 heteroatoms. The maximum Gasteiger partial charge on any atom is 0.0881 e. The van der Waals surface area contributed by atoms with E-state index in [9.17, 15) is 0 Å². The van der Waals surface area contributed by atoms with Crippen LogP contribution in [0.2, 0.25) is 0 Å². The van der Waals surface area contributed by atoms with Crippen molar-refractivity contribution in [2.45, 2.75) is 38.3 Å². The van der Waals surface area contributed by atoms with E-state index in [0.29, 0.717) is 0 Å². The number of allylic oxidation sites excluding steroid dienone is 1. The van der Waals surface area contributed by atoms with Crippen molar-refractivity contribution in [2.24, 2.45) is 16.9 Å². The van der Waals surface area contributed by atoms with Gasteiger partial charge in [0.2, 0.25) is 0 Å². The molecule has 0 spiro atoms. The van der Waals surface area contributed by atoms with Crippen molar-refractivity contribution in [3.63, 3.8) is 0 Å². The highest BCUT2D eigenvalue weighted by Crippen LogP contribution is 2.45. The monoisotopic (exact) mass is 230 g/mol. The zero-order valence-corrected chi connectivity index (χ0v) is 10.9. The topological polar surface area (TPSA) is 52.0 Å². The highest BCUT2D eigenvalue weighted by atomic mass is 15.0. The van der Waals surface area contributed by atoms with Crippen LogP contribution in [-0.4, -0.2) is 5.66 Å². The van der Waals surface area contributed by atoms with Crippen molar-refractivity contribution in [3.05, 3.63) is 48.0 Å². The van der Waals surface area contributed by atoms with Gasteiger partial charge in [0.1, 0.15) is 0 Å². The number of hydrogen-bond acceptors (Lipinski definition) is 2. The Hall–Kier alpha value is -1.12. The van der Waals surface area contributed by atoms with Crippen LogP contribution in [0.25, 0.3) is 0 Å². The number of benzene rings is 1. The van der Waals surface area contributed by atoms with E-state index in [2.05, 4.69) is 51.1 Å². The molecule has 1 aromatic rings. The van der Waals surface area contributed by atoms with Gasteiger partial charge < -0.3 is 11.5 Å². The van der Waals surface area contributed by atoms with Crippen LogP contribution >= 0.6 is 0 Å². The molecule has 4 N–H and O–H groups in total. The van der Waals surface area contributed by atoms with Crippen LogP contribution < -0.4 is 11.5 Å². The lowest BCUT2D eigenvalue weighted by Gasteiger charge is -2.48. The molecule has 0 radical (unpaired) electrons. The largest absolute Gasteiger partial charge is 0.310 e. The molecule has 0 saturated carbocycles. The summed E-state index contributed by atoms with van der Waals surface area (Å²) < 4.78 is 0. The summed E-state index contributed by atoms with van der Waals surface area (Å²) in [6.45, 7) is 6.52. The Labute approximate surface area is 104 Å². The molecule has 0 aromatic heterocycles. The molecule has 0 saturated heterocycles. The van der Waals surface area contributed by atoms with Gasteiger partial charge in [-0.05, 0) is 12.0 Å². The van der Waals surface area contributed by atoms with E-state index in [1.165, 1.54) is 5.56 Å². The van der Waals surface area contributed by atoms with Crippen LogP contribution in [0.5, 0.6) is 0 Å². The van der Waals surface area contributed by atoms with Crippen LogP contribution in [0.3, 0.4) is 0 Å². The molecule has 17 heavy (non-hydrogen) atoms. The molecule has 1 unspecified atom stereocenters. The Balaban J connectivity index is 2.43. The van der Waals surface area contributed by atoms with Gasteiger partial charge in [-0.2, -0.15) is 0 Å². The van der Waals surface area contributed by atoms with E-state index < -0.39 is 5.66 Å². The van der Waals surface area contributed by atoms with Crippen molar-refractivity contribution < 1.29 is 0 Å². The number of nitrogens with two attached hydrogens (primary N) is 2. The lowest BCUT2D eigenvalue weighted by molar-refractivity contribution is 0.154. The molecular weight excluding hydrogens is 208 g/mol. The maximum absolute atomic E-state index is 6.15. The molecule has 1 aliphatic rings. The first-order chi connectivity index (χ1) is 7.77. The summed E-state index contributed by atoms with van der Waals surface area (Å²) in [4.78, 5) is 0. The van der Waals surface area contributed by atoms with Crippen molar-refractivity contribution in [2.75, 3.05) is 0 Å². The molecule has 1 atom stereocenters. The fourth-order valence-electron chi connectivity index (χ4n) is 2.69. The second-order valence-electron chi connectivity index (χ2n) is 6.11. The summed E-state index contributed by atoms with van der Waals surface area (Å²) in [7, 11) is 0. The zero-order valence-electron chi connectivity index (χ0n) is 10.9. The van der Waals surface area contributed by atoms with Gasteiger partial charge in [0.15, 0.2) is 0 Å². The molecule has 2 rings (SSSR count). The first kappa shape index (κ1) is 12.3. The van der Waals surface area contributed by atoms with Gasteiger partial charge in [-0.25, -0.2) is 0 Å². The molecule has 2 nitrogen and oxygen atoms in total. The summed E-state index contributed by atoms with van der Waals surface area (Å²) >= 11 is 0. The average molecular weight is 230 g/mol. The Morgan fingerprint density at radius 2 is 1.53 bits per heavy atom. The predicted octanol–water partition coefficient (Wildman–Crippen LogP) is 2.54. The highest BCUT2D eigenvalue weighted by Gasteiger charge is 2.45. The van der Waals surface area contributed by atoms with Crippen molar-refractivity contribution in [3.8, 4) is 0 Å². The minimum Gasteiger partial charge on any atom is -0.310 e. The summed E-state index contributed by atoms with van der Waals surface area (Å²) in [6, 6.07) is 10.5. The van der Waals surface area contributed by atoms with Gasteiger partial charge in [0.05, 0.1) is 5.66 Å². The number of rotatable bonds is 1. The van der Waals surface area contributed by atoms with Gasteiger partial charge in [-0.3, -0.25) is 0 Å². The third-order valence-electron chi connectivity index (χ3n) is 4.14. The van der Waals surface area contributed by atoms with Crippen molar-refractivity contribution in [1.29, 1.82) is 0 Å². The fourth-order valence-corrected chi connectivity index (χ4v) is 2.69. The van der Waals surface area contributed by atoms with Crippen LogP contribution in [0.15, 0.2) is 42.5 Å². The van der Waals surface area contributed by atoms with E-state index in [-0.39, 0.29) is 10.8 Å². The van der Waals surface area contributed by atoms with Crippen LogP contribution in [0, 0.1) is 5.41 Å². The third kappa shape index (κ3) is 2.03. The molecule has 0 aliphatic heterocycles. The van der Waals surface area contributed by atoms with Crippen LogP contribution in [-0.2, 0) is 5.41 Å². The highest BCUT2D eigenvalue weighted by molar-refractivity contribution is 5.34. The molecule has 0 heterocycles. The quantitative estimate of drug-likeness (QED) is 0.575. The van der Waals surface area contributed by atoms with Crippen LogP contribution in [0.4, 0.5) is 0 Å². The summed E-state index contributed by atoms with van der Waals surface area (Å²) in [5, 5.41) is 0. The standard InChI is InChI=1S/C15H22N2/c1-13(2)11-14(3,9-10-15(13,16)17)12-7-5-4-6-8-12/h4-10H,11,16-17H2,1-3H3. The van der Waals surface area contributed by atoms with E-state index in [4.69, 9.17) is 11.5 Å². The third-order valence-corrected chi connectivity index (χ3v) is 4.14. The molecule has 0 fully saturated rings. The van der Waals surface area contributed by atoms with Crippen molar-refractivity contribution in [1.82, 2.24) is 0 Å². The first-order valence-electron chi connectivity index (χ1n) is 6.11. The smallest absolute Gasteiger partial charge is 0.0881 e. The Bertz CT molecular complexity index is 431. The fraction of sp³-hybridized carbons (Fsp3) is 0.467. The van der Waals surface area contributed by atoms with E-state index in [1.54, 1.807) is 0 Å². The molecule has 1 aromatic carbocycles. The minimum atomic E-state index is -0.721. The lowest BCUT2D eigenvalue weighted by atomic mass is 9.61. The zero-order chi connectivity index (χ0) is 12.7. The lowest BCUT2D eigenvalue weighted by Crippen LogP contribution is -2.62. The minimum absolute atomic E-state index is 0.0208. The van der Waals surface area contributed by atoms with Gasteiger partial charge >= 0.3 is 0 Å². The molecule has 0 amide bonds. The number of hydrogen-bond donors (Lipinski definition) is 2. The molecule has 92 valence electrons. The second-order valence-corrected chi connectivity index (χ2v) is 6.11. The van der Waals surface area contributed by atoms with Gasteiger partial charge in [0, 0.05) is 10.8 Å². The summed E-state index contributed by atoms with van der Waals surface area (Å²) in [5.41, 5.74) is 12.8. The van der Waals surface area contributed by atoms with E-state index in [1.807, 2.05) is 12.1 Å². The predicted molar refractivity (Wildman–Crippen MR) is 72.4 cm³/mol. The molecular formula is C15H22N2. The van der Waals surface area contributed by atoms with Crippen LogP contribution in [0.1, 0.15) is 32.8 Å². The second kappa shape index (κ2) is 3.69. The average Bonchev–Trinajstić information content (AvgIpc) is 2.26. The van der Waals surface area contributed by atoms with E-state index >= 15 is 0 Å². The van der Waals surface area contributed by atoms with Crippen molar-refractivity contribution >= 4 is 0 Å². The van der Waals surface area contributed by atoms with Gasteiger partial charge in [0.25, 0.3) is 0 Å². The maximum atomic E-state index is 6.15. The molecule has 1 aliphatic carbocycles. The normalized spacial score (nSPS) is 30.2. The van der Waals surface area contributed by atoms with E-state index in [0.717, 1.165) is 6.42 Å². The Morgan fingerprint density at radius 3 is 2.06 bits per heavy atom. The molecule has 0 bridgehead atoms. The summed E-state index contributed by atoms with van der Waals surface area (Å²) in [5.74, 6) is 0.